The summed E-state index contributed by atoms with van der Waals surface area (Å²) in [7, 11) is 0. The topological polar surface area (TPSA) is 142 Å². The van der Waals surface area contributed by atoms with Crippen LogP contribution >= 0.6 is 0 Å². The molecule has 3 aromatic heterocycles. The largest absolute Gasteiger partial charge is 0.393 e. The second-order valence-electron chi connectivity index (χ2n) is 6.91. The molecule has 5 rings (SSSR count). The number of pyridine rings is 1. The van der Waals surface area contributed by atoms with Crippen molar-refractivity contribution in [2.45, 2.75) is 38.2 Å². The fourth-order valence-electron chi connectivity index (χ4n) is 3.18. The molecule has 1 aliphatic heterocycles. The molecule has 150 valence electrons. The molecule has 1 saturated carbocycles. The number of H-pyrrole nitrogens is 1. The van der Waals surface area contributed by atoms with E-state index in [0.29, 0.717) is 28.8 Å². The van der Waals surface area contributed by atoms with Gasteiger partial charge in [0.1, 0.15) is 12.0 Å². The SMILES string of the molecule is O=C1CNc2nc(-c3ccc(-c4ncn[nH]4)nc3)cnc2N1.OC1CCCCC1. The van der Waals surface area contributed by atoms with Crippen LogP contribution in [0.1, 0.15) is 32.1 Å². The van der Waals surface area contributed by atoms with Gasteiger partial charge in [-0.2, -0.15) is 5.10 Å². The van der Waals surface area contributed by atoms with Gasteiger partial charge in [-0.1, -0.05) is 19.3 Å². The summed E-state index contributed by atoms with van der Waals surface area (Å²) < 4.78 is 0. The Morgan fingerprint density at radius 3 is 2.48 bits per heavy atom. The fraction of sp³-hybridized carbons (Fsp3) is 0.368. The molecule has 2 aliphatic rings. The number of hydrogen-bond donors (Lipinski definition) is 4. The summed E-state index contributed by atoms with van der Waals surface area (Å²) >= 11 is 0. The Morgan fingerprint density at radius 1 is 0.966 bits per heavy atom. The van der Waals surface area contributed by atoms with Crippen LogP contribution in [0.3, 0.4) is 0 Å². The maximum atomic E-state index is 11.3. The molecule has 0 aromatic carbocycles. The molecule has 10 heteroatoms. The molecule has 0 saturated heterocycles. The van der Waals surface area contributed by atoms with Crippen LogP contribution in [0.25, 0.3) is 22.8 Å². The van der Waals surface area contributed by atoms with E-state index in [-0.39, 0.29) is 18.6 Å². The summed E-state index contributed by atoms with van der Waals surface area (Å²) in [5.41, 5.74) is 2.17. The number of hydrogen-bond acceptors (Lipinski definition) is 8. The second-order valence-corrected chi connectivity index (χ2v) is 6.91. The van der Waals surface area contributed by atoms with Crippen LogP contribution in [-0.4, -0.2) is 53.8 Å². The van der Waals surface area contributed by atoms with Crippen molar-refractivity contribution < 1.29 is 9.90 Å². The molecule has 1 fully saturated rings. The highest BCUT2D eigenvalue weighted by atomic mass is 16.3. The standard InChI is InChI=1S/C13H10N8O.C6H12O/c22-10-5-16-12-13(20-10)15-4-9(19-12)7-1-2-8(14-3-7)11-17-6-18-21-11;7-6-4-2-1-3-5-6/h1-4,6H,5H2,(H,16,19)(H,15,20,22)(H,17,18,21);6-7H,1-5H2. The van der Waals surface area contributed by atoms with Crippen molar-refractivity contribution in [1.29, 1.82) is 0 Å². The van der Waals surface area contributed by atoms with E-state index in [0.717, 1.165) is 18.4 Å². The molecule has 10 nitrogen and oxygen atoms in total. The molecule has 0 atom stereocenters. The van der Waals surface area contributed by atoms with Crippen LogP contribution in [-0.2, 0) is 4.79 Å². The van der Waals surface area contributed by atoms with E-state index >= 15 is 0 Å². The van der Waals surface area contributed by atoms with E-state index in [1.54, 1.807) is 12.4 Å². The van der Waals surface area contributed by atoms with Crippen molar-refractivity contribution in [2.24, 2.45) is 0 Å². The maximum absolute atomic E-state index is 11.3. The summed E-state index contributed by atoms with van der Waals surface area (Å²) in [6.45, 7) is 0.188. The third-order valence-corrected chi connectivity index (χ3v) is 4.74. The smallest absolute Gasteiger partial charge is 0.244 e. The average molecular weight is 394 g/mol. The summed E-state index contributed by atoms with van der Waals surface area (Å²) in [6.07, 6.45) is 10.6. The molecule has 4 heterocycles. The molecule has 0 spiro atoms. The van der Waals surface area contributed by atoms with E-state index in [1.807, 2.05) is 12.1 Å². The van der Waals surface area contributed by atoms with Crippen molar-refractivity contribution in [3.05, 3.63) is 30.9 Å². The van der Waals surface area contributed by atoms with Crippen molar-refractivity contribution >= 4 is 17.5 Å². The third-order valence-electron chi connectivity index (χ3n) is 4.74. The van der Waals surface area contributed by atoms with Gasteiger partial charge in [0.2, 0.25) is 5.91 Å². The normalized spacial score (nSPS) is 16.1. The first-order valence-electron chi connectivity index (χ1n) is 9.60. The lowest BCUT2D eigenvalue weighted by atomic mass is 9.98. The predicted octanol–water partition coefficient (Wildman–Crippen LogP) is 2.00. The minimum Gasteiger partial charge on any atom is -0.393 e. The average Bonchev–Trinajstić information content (AvgIpc) is 3.29. The Morgan fingerprint density at radius 2 is 1.83 bits per heavy atom. The number of nitrogens with one attached hydrogen (secondary N) is 3. The molecule has 3 aromatic rings. The van der Waals surface area contributed by atoms with Crippen LogP contribution < -0.4 is 10.6 Å². The van der Waals surface area contributed by atoms with Gasteiger partial charge in [0, 0.05) is 11.8 Å². The van der Waals surface area contributed by atoms with Crippen molar-refractivity contribution in [3.63, 3.8) is 0 Å². The summed E-state index contributed by atoms with van der Waals surface area (Å²) in [4.78, 5) is 28.3. The maximum Gasteiger partial charge on any atom is 0.244 e. The first kappa shape index (κ1) is 18.9. The molecule has 1 amide bonds. The number of carbonyl (C=O) groups excluding carboxylic acids is 1. The van der Waals surface area contributed by atoms with Gasteiger partial charge in [-0.25, -0.2) is 15.0 Å². The summed E-state index contributed by atoms with van der Waals surface area (Å²) in [5.74, 6) is 1.46. The zero-order valence-corrected chi connectivity index (χ0v) is 15.8. The molecule has 1 aliphatic carbocycles. The number of nitrogens with zero attached hydrogens (tertiary/aromatic N) is 5. The third kappa shape index (κ3) is 4.72. The van der Waals surface area contributed by atoms with Gasteiger partial charge in [0.15, 0.2) is 17.5 Å². The van der Waals surface area contributed by atoms with E-state index in [1.165, 1.54) is 25.6 Å². The number of aromatic amines is 1. The molecule has 0 bridgehead atoms. The Balaban J connectivity index is 0.000000249. The molecule has 0 unspecified atom stereocenters. The van der Waals surface area contributed by atoms with Crippen LogP contribution in [0.5, 0.6) is 0 Å². The summed E-state index contributed by atoms with van der Waals surface area (Å²) in [6, 6.07) is 3.70. The molecule has 4 N–H and O–H groups in total. The first-order chi connectivity index (χ1) is 14.2. The monoisotopic (exact) mass is 394 g/mol. The molecular formula is C19H22N8O2. The van der Waals surface area contributed by atoms with Gasteiger partial charge >= 0.3 is 0 Å². The number of amides is 1. The molecule has 0 radical (unpaired) electrons. The van der Waals surface area contributed by atoms with E-state index in [4.69, 9.17) is 5.11 Å². The number of aromatic nitrogens is 6. The van der Waals surface area contributed by atoms with Gasteiger partial charge in [0.05, 0.1) is 24.5 Å². The number of fused-ring (bicyclic) bond motifs is 1. The zero-order valence-electron chi connectivity index (χ0n) is 15.8. The predicted molar refractivity (Wildman–Crippen MR) is 107 cm³/mol. The number of anilines is 2. The van der Waals surface area contributed by atoms with E-state index < -0.39 is 0 Å². The van der Waals surface area contributed by atoms with Crippen LogP contribution in [0.2, 0.25) is 0 Å². The van der Waals surface area contributed by atoms with E-state index in [2.05, 4.69) is 40.8 Å². The Labute approximate surface area is 167 Å². The zero-order chi connectivity index (χ0) is 20.1. The molecular weight excluding hydrogens is 372 g/mol. The lowest BCUT2D eigenvalue weighted by molar-refractivity contribution is -0.114. The highest BCUT2D eigenvalue weighted by Crippen LogP contribution is 2.25. The van der Waals surface area contributed by atoms with E-state index in [9.17, 15) is 4.79 Å². The number of aliphatic hydroxyl groups is 1. The molecule has 29 heavy (non-hydrogen) atoms. The second kappa shape index (κ2) is 8.74. The minimum absolute atomic E-state index is 0.0359. The van der Waals surface area contributed by atoms with Crippen molar-refractivity contribution in [2.75, 3.05) is 17.2 Å². The van der Waals surface area contributed by atoms with Gasteiger partial charge in [-0.05, 0) is 25.0 Å². The first-order valence-corrected chi connectivity index (χ1v) is 9.60. The van der Waals surface area contributed by atoms with Crippen molar-refractivity contribution in [1.82, 2.24) is 30.1 Å². The van der Waals surface area contributed by atoms with Crippen LogP contribution in [0, 0.1) is 0 Å². The lowest BCUT2D eigenvalue weighted by Crippen LogP contribution is -2.28. The number of carbonyl (C=O) groups is 1. The summed E-state index contributed by atoms with van der Waals surface area (Å²) in [5, 5.41) is 21.0. The highest BCUT2D eigenvalue weighted by Gasteiger charge is 2.17. The fourth-order valence-corrected chi connectivity index (χ4v) is 3.18. The highest BCUT2D eigenvalue weighted by molar-refractivity contribution is 5.98. The van der Waals surface area contributed by atoms with Gasteiger partial charge < -0.3 is 15.7 Å². The Hall–Kier alpha value is -3.40. The Bertz CT molecular complexity index is 953. The van der Waals surface area contributed by atoms with Crippen molar-refractivity contribution in [3.8, 4) is 22.8 Å². The van der Waals surface area contributed by atoms with Gasteiger partial charge in [-0.3, -0.25) is 14.9 Å². The number of rotatable bonds is 2. The Kier molecular flexibility index (Phi) is 5.71. The van der Waals surface area contributed by atoms with Gasteiger partial charge in [0.25, 0.3) is 0 Å². The quantitative estimate of drug-likeness (QED) is 0.517. The van der Waals surface area contributed by atoms with Crippen LogP contribution in [0.15, 0.2) is 30.9 Å². The van der Waals surface area contributed by atoms with Crippen LogP contribution in [0.4, 0.5) is 11.6 Å². The lowest BCUT2D eigenvalue weighted by Gasteiger charge is -2.16. The number of aliphatic hydroxyl groups excluding tert-OH is 1. The van der Waals surface area contributed by atoms with Gasteiger partial charge in [-0.15, -0.1) is 0 Å². The minimum atomic E-state index is -0.132.